The fourth-order valence-corrected chi connectivity index (χ4v) is 9.77. The first-order chi connectivity index (χ1) is 38.5. The summed E-state index contributed by atoms with van der Waals surface area (Å²) in [7, 11) is 0. The van der Waals surface area contributed by atoms with Crippen molar-refractivity contribution in [3.05, 3.63) is 72.9 Å². The van der Waals surface area contributed by atoms with Gasteiger partial charge in [-0.1, -0.05) is 286 Å². The fraction of sp³-hybridized carbons (Fsp3) is 0.792. The summed E-state index contributed by atoms with van der Waals surface area (Å²) < 4.78 is 17.0. The molecule has 1 unspecified atom stereocenters. The van der Waals surface area contributed by atoms with Crippen molar-refractivity contribution in [2.45, 2.75) is 354 Å². The number of hydrogen-bond acceptors (Lipinski definition) is 6. The standard InChI is InChI=1S/C72H128O6/c1-4-7-10-13-16-19-22-25-28-30-32-33-34-35-36-37-38-39-40-42-44-47-50-53-56-59-62-65-71(74)77-68-69(67-76-70(73)64-61-58-55-52-49-46-43-27-24-21-18-15-12-9-6-3)78-72(75)66-63-60-57-54-51-48-45-41-31-29-26-23-20-17-14-11-8-5-2/h18,21-22,25,27,29-32,34-35,43,69H,4-17,19-20,23-24,26,28,33,36-42,44-68H2,1-3H3/b21-18-,25-22-,31-29-,32-30-,35-34-,43-27-. The molecule has 0 fully saturated rings. The lowest BCUT2D eigenvalue weighted by Crippen LogP contribution is -2.30. The lowest BCUT2D eigenvalue weighted by atomic mass is 10.0. The Kier molecular flexibility index (Phi) is 63.7. The molecular formula is C72H128O6. The van der Waals surface area contributed by atoms with Gasteiger partial charge in [0.05, 0.1) is 0 Å². The Labute approximate surface area is 484 Å². The maximum atomic E-state index is 12.9. The second kappa shape index (κ2) is 66.4. The topological polar surface area (TPSA) is 78.9 Å². The predicted molar refractivity (Wildman–Crippen MR) is 339 cm³/mol. The van der Waals surface area contributed by atoms with E-state index < -0.39 is 6.10 Å². The summed E-state index contributed by atoms with van der Waals surface area (Å²) in [5.41, 5.74) is 0. The van der Waals surface area contributed by atoms with Crippen molar-refractivity contribution in [1.29, 1.82) is 0 Å². The zero-order chi connectivity index (χ0) is 56.4. The third kappa shape index (κ3) is 63.7. The van der Waals surface area contributed by atoms with Gasteiger partial charge >= 0.3 is 17.9 Å². The van der Waals surface area contributed by atoms with Crippen molar-refractivity contribution in [2.75, 3.05) is 13.2 Å². The molecule has 0 heterocycles. The van der Waals surface area contributed by atoms with Crippen molar-refractivity contribution in [3.8, 4) is 0 Å². The molecule has 0 aromatic heterocycles. The summed E-state index contributed by atoms with van der Waals surface area (Å²) >= 11 is 0. The van der Waals surface area contributed by atoms with Crippen LogP contribution in [0.3, 0.4) is 0 Å². The van der Waals surface area contributed by atoms with E-state index in [0.717, 1.165) is 89.9 Å². The molecule has 0 bridgehead atoms. The second-order valence-electron chi connectivity index (χ2n) is 22.7. The summed E-state index contributed by atoms with van der Waals surface area (Å²) in [5.74, 6) is -0.884. The van der Waals surface area contributed by atoms with E-state index in [1.807, 2.05) is 0 Å². The molecule has 0 saturated heterocycles. The first-order valence-electron chi connectivity index (χ1n) is 33.9. The normalized spacial score (nSPS) is 12.5. The molecule has 1 atom stereocenters. The van der Waals surface area contributed by atoms with Crippen LogP contribution < -0.4 is 0 Å². The molecule has 0 N–H and O–H groups in total. The number of allylic oxidation sites excluding steroid dienone is 12. The average Bonchev–Trinajstić information content (AvgIpc) is 3.44. The number of hydrogen-bond donors (Lipinski definition) is 0. The molecular weight excluding hydrogens is 961 g/mol. The minimum Gasteiger partial charge on any atom is -0.462 e. The number of esters is 3. The van der Waals surface area contributed by atoms with Crippen LogP contribution in [0.5, 0.6) is 0 Å². The van der Waals surface area contributed by atoms with Gasteiger partial charge in [-0.05, 0) is 116 Å². The number of unbranched alkanes of at least 4 members (excludes halogenated alkanes) is 39. The molecule has 0 rings (SSSR count). The van der Waals surface area contributed by atoms with E-state index in [9.17, 15) is 14.4 Å². The Balaban J connectivity index is 4.31. The highest BCUT2D eigenvalue weighted by Crippen LogP contribution is 2.17. The molecule has 0 aromatic rings. The number of rotatable bonds is 62. The Morgan fingerprint density at radius 2 is 0.462 bits per heavy atom. The summed E-state index contributed by atoms with van der Waals surface area (Å²) in [6.07, 6.45) is 86.3. The first kappa shape index (κ1) is 74.8. The summed E-state index contributed by atoms with van der Waals surface area (Å²) in [5, 5.41) is 0. The van der Waals surface area contributed by atoms with E-state index in [4.69, 9.17) is 14.2 Å². The monoisotopic (exact) mass is 1090 g/mol. The number of carbonyl (C=O) groups excluding carboxylic acids is 3. The quantitative estimate of drug-likeness (QED) is 0.0261. The largest absolute Gasteiger partial charge is 0.462 e. The maximum absolute atomic E-state index is 12.9. The average molecular weight is 1090 g/mol. The summed E-state index contributed by atoms with van der Waals surface area (Å²) in [6, 6.07) is 0. The van der Waals surface area contributed by atoms with Gasteiger partial charge in [-0.25, -0.2) is 0 Å². The molecule has 0 aliphatic heterocycles. The van der Waals surface area contributed by atoms with E-state index >= 15 is 0 Å². The lowest BCUT2D eigenvalue weighted by Gasteiger charge is -2.18. The van der Waals surface area contributed by atoms with Crippen LogP contribution in [0.25, 0.3) is 0 Å². The number of ether oxygens (including phenoxy) is 3. The van der Waals surface area contributed by atoms with Gasteiger partial charge in [0.2, 0.25) is 0 Å². The highest BCUT2D eigenvalue weighted by molar-refractivity contribution is 5.71. The van der Waals surface area contributed by atoms with Crippen LogP contribution in [0.2, 0.25) is 0 Å². The zero-order valence-corrected chi connectivity index (χ0v) is 51.9. The molecule has 0 radical (unpaired) electrons. The van der Waals surface area contributed by atoms with Crippen molar-refractivity contribution in [2.24, 2.45) is 0 Å². The van der Waals surface area contributed by atoms with Crippen LogP contribution in [-0.4, -0.2) is 37.2 Å². The van der Waals surface area contributed by atoms with Crippen LogP contribution in [0, 0.1) is 0 Å². The minimum atomic E-state index is -0.785. The lowest BCUT2D eigenvalue weighted by molar-refractivity contribution is -0.167. The smallest absolute Gasteiger partial charge is 0.306 e. The van der Waals surface area contributed by atoms with Crippen molar-refractivity contribution < 1.29 is 28.6 Å². The Morgan fingerprint density at radius 3 is 0.756 bits per heavy atom. The Morgan fingerprint density at radius 1 is 0.256 bits per heavy atom. The van der Waals surface area contributed by atoms with Crippen molar-refractivity contribution in [1.82, 2.24) is 0 Å². The van der Waals surface area contributed by atoms with E-state index in [0.29, 0.717) is 19.3 Å². The predicted octanol–water partition coefficient (Wildman–Crippen LogP) is 23.3. The van der Waals surface area contributed by atoms with Gasteiger partial charge in [0, 0.05) is 19.3 Å². The minimum absolute atomic E-state index is 0.0808. The van der Waals surface area contributed by atoms with Crippen LogP contribution in [-0.2, 0) is 28.6 Å². The van der Waals surface area contributed by atoms with E-state index in [2.05, 4.69) is 93.7 Å². The van der Waals surface area contributed by atoms with Crippen LogP contribution in [0.1, 0.15) is 348 Å². The van der Waals surface area contributed by atoms with Gasteiger partial charge in [0.1, 0.15) is 13.2 Å². The molecule has 0 spiro atoms. The first-order valence-corrected chi connectivity index (χ1v) is 33.9. The third-order valence-corrected chi connectivity index (χ3v) is 14.9. The fourth-order valence-electron chi connectivity index (χ4n) is 9.77. The molecule has 78 heavy (non-hydrogen) atoms. The SMILES string of the molecule is CCCCC/C=C\C/C=C\CCCCCCCC(=O)OCC(COC(=O)CCCCCCCCCCCCCC/C=C\C/C=C\C/C=C\CCCCCCC)OC(=O)CCCCCCCCC/C=C\CCCCCCCCC. The highest BCUT2D eigenvalue weighted by atomic mass is 16.6. The second-order valence-corrected chi connectivity index (χ2v) is 22.7. The van der Waals surface area contributed by atoms with E-state index in [1.165, 1.54) is 218 Å². The molecule has 0 amide bonds. The van der Waals surface area contributed by atoms with Gasteiger partial charge in [-0.2, -0.15) is 0 Å². The Hall–Kier alpha value is -3.15. The highest BCUT2D eigenvalue weighted by Gasteiger charge is 2.19. The molecule has 6 nitrogen and oxygen atoms in total. The van der Waals surface area contributed by atoms with Gasteiger partial charge in [0.25, 0.3) is 0 Å². The van der Waals surface area contributed by atoms with Gasteiger partial charge in [0.15, 0.2) is 6.10 Å². The van der Waals surface area contributed by atoms with Gasteiger partial charge in [-0.15, -0.1) is 0 Å². The number of carbonyl (C=O) groups is 3. The Bertz CT molecular complexity index is 1440. The van der Waals surface area contributed by atoms with Gasteiger partial charge in [-0.3, -0.25) is 14.4 Å². The van der Waals surface area contributed by atoms with Crippen molar-refractivity contribution in [3.63, 3.8) is 0 Å². The molecule has 452 valence electrons. The molecule has 0 aliphatic rings. The molecule has 6 heteroatoms. The summed E-state index contributed by atoms with van der Waals surface area (Å²) in [4.78, 5) is 38.4. The van der Waals surface area contributed by atoms with Crippen LogP contribution >= 0.6 is 0 Å². The van der Waals surface area contributed by atoms with Crippen molar-refractivity contribution >= 4 is 17.9 Å². The summed E-state index contributed by atoms with van der Waals surface area (Å²) in [6.45, 7) is 6.63. The zero-order valence-electron chi connectivity index (χ0n) is 51.9. The maximum Gasteiger partial charge on any atom is 0.306 e. The van der Waals surface area contributed by atoms with Gasteiger partial charge < -0.3 is 14.2 Å². The van der Waals surface area contributed by atoms with Crippen LogP contribution in [0.4, 0.5) is 0 Å². The molecule has 0 aliphatic carbocycles. The van der Waals surface area contributed by atoms with E-state index in [-0.39, 0.29) is 31.1 Å². The van der Waals surface area contributed by atoms with E-state index in [1.54, 1.807) is 0 Å². The van der Waals surface area contributed by atoms with Crippen LogP contribution in [0.15, 0.2) is 72.9 Å². The third-order valence-electron chi connectivity index (χ3n) is 14.9. The molecule has 0 aromatic carbocycles. The molecule has 0 saturated carbocycles.